The van der Waals surface area contributed by atoms with Gasteiger partial charge in [-0.1, -0.05) is 11.6 Å². The Hall–Kier alpha value is -0.620. The summed E-state index contributed by atoms with van der Waals surface area (Å²) in [5.74, 6) is 0.487. The summed E-state index contributed by atoms with van der Waals surface area (Å²) in [5.41, 5.74) is 0. The molecule has 1 aromatic rings. The second kappa shape index (κ2) is 5.54. The zero-order valence-electron chi connectivity index (χ0n) is 11.8. The summed E-state index contributed by atoms with van der Waals surface area (Å²) in [5, 5.41) is 3.24. The minimum atomic E-state index is 0.00597. The Bertz CT molecular complexity index is 539. The van der Waals surface area contributed by atoms with Gasteiger partial charge in [-0.25, -0.2) is 0 Å². The summed E-state index contributed by atoms with van der Waals surface area (Å²) in [7, 11) is 0. The number of amides is 1. The summed E-state index contributed by atoms with van der Waals surface area (Å²) in [6.07, 6.45) is 3.90. The Morgan fingerprint density at radius 3 is 2.90 bits per heavy atom. The maximum absolute atomic E-state index is 12.4. The highest BCUT2D eigenvalue weighted by molar-refractivity contribution is 7.18. The molecule has 1 aromatic heterocycles. The Kier molecular flexibility index (Phi) is 3.69. The number of fused-ring (bicyclic) bond motifs is 1. The quantitative estimate of drug-likeness (QED) is 0.927. The van der Waals surface area contributed by atoms with Crippen LogP contribution in [0.15, 0.2) is 12.1 Å². The molecular weight excluding hydrogens is 308 g/mol. The molecule has 21 heavy (non-hydrogen) atoms. The maximum Gasteiger partial charge on any atom is 0.261 e. The van der Waals surface area contributed by atoms with Gasteiger partial charge in [0.05, 0.1) is 27.4 Å². The van der Waals surface area contributed by atoms with Gasteiger partial charge in [-0.05, 0) is 44.5 Å². The first kappa shape index (κ1) is 14.0. The minimum Gasteiger partial charge on any atom is -0.376 e. The van der Waals surface area contributed by atoms with E-state index in [1.54, 1.807) is 12.1 Å². The first-order chi connectivity index (χ1) is 10.2. The molecule has 1 N–H and O–H groups in total. The van der Waals surface area contributed by atoms with E-state index >= 15 is 0 Å². The predicted molar refractivity (Wildman–Crippen MR) is 83.0 cm³/mol. The van der Waals surface area contributed by atoms with Gasteiger partial charge in [-0.3, -0.25) is 9.69 Å². The third kappa shape index (κ3) is 2.40. The lowest BCUT2D eigenvalue weighted by molar-refractivity contribution is -0.0747. The second-order valence-electron chi connectivity index (χ2n) is 6.12. The molecular formula is C15H19ClN2O2S. The standard InChI is InChI=1S/C15H19ClN2O2S/c16-11-4-3-10(21-11)15(19)17-12-9-5-8-20-14(9)13(12)18-6-1-2-7-18/h3-4,9,12-14H,1-2,5-8H2,(H,17,19)/t9-,12+,13-,14-/m1/s1. The third-order valence-electron chi connectivity index (χ3n) is 5.01. The molecule has 1 aliphatic carbocycles. The Labute approximate surface area is 133 Å². The largest absolute Gasteiger partial charge is 0.376 e. The SMILES string of the molecule is O=C(N[C@H]1[C@H]2CCO[C@H]2[C@@H]1N1CCCC1)c1ccc(Cl)s1. The number of likely N-dealkylation sites (tertiary alicyclic amines) is 1. The molecule has 3 heterocycles. The van der Waals surface area contributed by atoms with E-state index in [4.69, 9.17) is 16.3 Å². The van der Waals surface area contributed by atoms with Crippen molar-refractivity contribution >= 4 is 28.8 Å². The van der Waals surface area contributed by atoms with Crippen LogP contribution in [-0.2, 0) is 4.74 Å². The molecule has 2 aliphatic heterocycles. The van der Waals surface area contributed by atoms with Crippen LogP contribution in [0.25, 0.3) is 0 Å². The molecule has 114 valence electrons. The van der Waals surface area contributed by atoms with Crippen LogP contribution < -0.4 is 5.32 Å². The van der Waals surface area contributed by atoms with E-state index in [0.717, 1.165) is 26.1 Å². The minimum absolute atomic E-state index is 0.00597. The van der Waals surface area contributed by atoms with Crippen molar-refractivity contribution in [2.75, 3.05) is 19.7 Å². The Morgan fingerprint density at radius 2 is 2.19 bits per heavy atom. The maximum atomic E-state index is 12.4. The van der Waals surface area contributed by atoms with Gasteiger partial charge < -0.3 is 10.1 Å². The zero-order chi connectivity index (χ0) is 14.4. The molecule has 2 saturated heterocycles. The topological polar surface area (TPSA) is 41.6 Å². The molecule has 3 aliphatic rings. The Balaban J connectivity index is 1.48. The van der Waals surface area contributed by atoms with Crippen molar-refractivity contribution < 1.29 is 9.53 Å². The van der Waals surface area contributed by atoms with Crippen LogP contribution in [0, 0.1) is 5.92 Å². The van der Waals surface area contributed by atoms with Gasteiger partial charge in [0, 0.05) is 12.5 Å². The van der Waals surface area contributed by atoms with Gasteiger partial charge in [0.25, 0.3) is 5.91 Å². The smallest absolute Gasteiger partial charge is 0.261 e. The molecule has 0 radical (unpaired) electrons. The second-order valence-corrected chi connectivity index (χ2v) is 7.84. The lowest BCUT2D eigenvalue weighted by atomic mass is 9.70. The number of hydrogen-bond donors (Lipinski definition) is 1. The monoisotopic (exact) mass is 326 g/mol. The molecule has 4 atom stereocenters. The van der Waals surface area contributed by atoms with Crippen LogP contribution in [0.2, 0.25) is 4.34 Å². The van der Waals surface area contributed by atoms with Crippen LogP contribution in [0.4, 0.5) is 0 Å². The molecule has 0 bridgehead atoms. The van der Waals surface area contributed by atoms with Crippen LogP contribution in [-0.4, -0.2) is 48.7 Å². The number of thiophene rings is 1. The molecule has 4 nitrogen and oxygen atoms in total. The van der Waals surface area contributed by atoms with Crippen molar-refractivity contribution in [3.05, 3.63) is 21.3 Å². The van der Waals surface area contributed by atoms with Crippen LogP contribution in [0.5, 0.6) is 0 Å². The van der Waals surface area contributed by atoms with Gasteiger partial charge in [0.1, 0.15) is 0 Å². The van der Waals surface area contributed by atoms with Gasteiger partial charge in [-0.15, -0.1) is 11.3 Å². The number of rotatable bonds is 3. The van der Waals surface area contributed by atoms with E-state index in [2.05, 4.69) is 10.2 Å². The van der Waals surface area contributed by atoms with E-state index in [1.807, 2.05) is 0 Å². The van der Waals surface area contributed by atoms with Crippen LogP contribution in [0.3, 0.4) is 0 Å². The number of halogens is 1. The molecule has 1 amide bonds. The fraction of sp³-hybridized carbons (Fsp3) is 0.667. The number of nitrogens with zero attached hydrogens (tertiary/aromatic N) is 1. The molecule has 6 heteroatoms. The van der Waals surface area contributed by atoms with E-state index in [0.29, 0.717) is 27.3 Å². The average molecular weight is 327 g/mol. The van der Waals surface area contributed by atoms with Crippen molar-refractivity contribution in [3.8, 4) is 0 Å². The predicted octanol–water partition coefficient (Wildman–Crippen LogP) is 2.38. The third-order valence-corrected chi connectivity index (χ3v) is 6.24. The Morgan fingerprint density at radius 1 is 1.38 bits per heavy atom. The summed E-state index contributed by atoms with van der Waals surface area (Å²) in [6.45, 7) is 3.10. The highest BCUT2D eigenvalue weighted by Crippen LogP contribution is 2.43. The van der Waals surface area contributed by atoms with Crippen molar-refractivity contribution in [2.24, 2.45) is 5.92 Å². The lowest BCUT2D eigenvalue weighted by Crippen LogP contribution is -2.70. The van der Waals surface area contributed by atoms with Crippen molar-refractivity contribution in [2.45, 2.75) is 37.5 Å². The van der Waals surface area contributed by atoms with E-state index in [9.17, 15) is 4.79 Å². The highest BCUT2D eigenvalue weighted by Gasteiger charge is 2.56. The van der Waals surface area contributed by atoms with Gasteiger partial charge >= 0.3 is 0 Å². The van der Waals surface area contributed by atoms with Gasteiger partial charge in [0.15, 0.2) is 0 Å². The van der Waals surface area contributed by atoms with Crippen LogP contribution >= 0.6 is 22.9 Å². The summed E-state index contributed by atoms with van der Waals surface area (Å²) in [6, 6.07) is 4.17. The van der Waals surface area contributed by atoms with E-state index in [-0.39, 0.29) is 11.9 Å². The molecule has 0 unspecified atom stereocenters. The highest BCUT2D eigenvalue weighted by atomic mass is 35.5. The number of nitrogens with one attached hydrogen (secondary N) is 1. The summed E-state index contributed by atoms with van der Waals surface area (Å²) in [4.78, 5) is 15.6. The van der Waals surface area contributed by atoms with Crippen LogP contribution in [0.1, 0.15) is 28.9 Å². The fourth-order valence-electron chi connectivity index (χ4n) is 4.00. The number of hydrogen-bond acceptors (Lipinski definition) is 4. The van der Waals surface area contributed by atoms with E-state index < -0.39 is 0 Å². The molecule has 3 fully saturated rings. The summed E-state index contributed by atoms with van der Waals surface area (Å²) < 4.78 is 6.55. The van der Waals surface area contributed by atoms with Crippen molar-refractivity contribution in [1.82, 2.24) is 10.2 Å². The van der Waals surface area contributed by atoms with Crippen molar-refractivity contribution in [1.29, 1.82) is 0 Å². The first-order valence-electron chi connectivity index (χ1n) is 7.66. The van der Waals surface area contributed by atoms with Crippen molar-refractivity contribution in [3.63, 3.8) is 0 Å². The zero-order valence-corrected chi connectivity index (χ0v) is 13.3. The number of ether oxygens (including phenoxy) is 1. The number of carbonyl (C=O) groups excluding carboxylic acids is 1. The molecule has 0 aromatic carbocycles. The average Bonchev–Trinajstić information content (AvgIpc) is 3.17. The fourth-order valence-corrected chi connectivity index (χ4v) is 4.95. The molecule has 0 spiro atoms. The van der Waals surface area contributed by atoms with Gasteiger partial charge in [0.2, 0.25) is 0 Å². The number of carbonyl (C=O) groups is 1. The summed E-state index contributed by atoms with van der Waals surface area (Å²) >= 11 is 7.26. The molecule has 4 rings (SSSR count). The van der Waals surface area contributed by atoms with E-state index in [1.165, 1.54) is 24.2 Å². The lowest BCUT2D eigenvalue weighted by Gasteiger charge is -2.51. The first-order valence-corrected chi connectivity index (χ1v) is 8.85. The normalized spacial score (nSPS) is 35.5. The van der Waals surface area contributed by atoms with Gasteiger partial charge in [-0.2, -0.15) is 0 Å². The molecule has 1 saturated carbocycles.